The molecule has 2 N–H and O–H groups in total. The van der Waals surface area contributed by atoms with Crippen molar-refractivity contribution in [3.8, 4) is 0 Å². The summed E-state index contributed by atoms with van der Waals surface area (Å²) < 4.78 is 1.79. The van der Waals surface area contributed by atoms with Crippen molar-refractivity contribution in [3.63, 3.8) is 0 Å². The Hall–Kier alpha value is -1.69. The average Bonchev–Trinajstić information content (AvgIpc) is 2.98. The Labute approximate surface area is 148 Å². The Morgan fingerprint density at radius 1 is 1.16 bits per heavy atom. The van der Waals surface area contributed by atoms with Crippen LogP contribution in [0.15, 0.2) is 6.20 Å². The Morgan fingerprint density at radius 2 is 1.84 bits per heavy atom. The second-order valence-electron chi connectivity index (χ2n) is 8.50. The predicted octanol–water partition coefficient (Wildman–Crippen LogP) is 2.52. The number of anilines is 1. The summed E-state index contributed by atoms with van der Waals surface area (Å²) in [5.41, 5.74) is 0.269. The van der Waals surface area contributed by atoms with Crippen LogP contribution in [0.1, 0.15) is 44.9 Å². The fourth-order valence-electron chi connectivity index (χ4n) is 5.87. The topological polar surface area (TPSA) is 75.9 Å². The molecular weight excluding hydrogens is 314 g/mol. The number of nitrogens with one attached hydrogen (secondary N) is 1. The molecule has 0 saturated heterocycles. The Bertz CT molecular complexity index is 785. The van der Waals surface area contributed by atoms with Gasteiger partial charge >= 0.3 is 0 Å². The first-order valence-electron chi connectivity index (χ1n) is 9.71. The molecule has 4 saturated carbocycles. The molecule has 2 aromatic rings. The van der Waals surface area contributed by atoms with Crippen LogP contribution in [0.25, 0.3) is 11.0 Å². The quantitative estimate of drug-likeness (QED) is 0.894. The van der Waals surface area contributed by atoms with E-state index in [0.717, 1.165) is 40.9 Å². The number of nitrogens with zero attached hydrogens (tertiary/aromatic N) is 4. The average molecular weight is 341 g/mol. The number of aryl methyl sites for hydroxylation is 2. The minimum absolute atomic E-state index is 0.452. The van der Waals surface area contributed by atoms with Gasteiger partial charge in [0.05, 0.1) is 17.2 Å². The second-order valence-corrected chi connectivity index (χ2v) is 8.50. The fourth-order valence-corrected chi connectivity index (χ4v) is 5.87. The molecule has 4 fully saturated rings. The maximum absolute atomic E-state index is 11.5. The number of aromatic nitrogens is 4. The molecule has 2 aromatic heterocycles. The summed E-state index contributed by atoms with van der Waals surface area (Å²) in [6.07, 6.45) is 8.83. The normalized spacial score (nSPS) is 36.3. The second kappa shape index (κ2) is 5.40. The summed E-state index contributed by atoms with van der Waals surface area (Å²) in [6.45, 7) is 2.65. The van der Waals surface area contributed by atoms with E-state index in [-0.39, 0.29) is 0 Å². The number of aliphatic hydroxyl groups is 1. The van der Waals surface area contributed by atoms with Gasteiger partial charge in [-0.25, -0.2) is 9.97 Å². The number of fused-ring (bicyclic) bond motifs is 1. The lowest BCUT2D eigenvalue weighted by Crippen LogP contribution is -2.60. The summed E-state index contributed by atoms with van der Waals surface area (Å²) in [4.78, 5) is 9.27. The van der Waals surface area contributed by atoms with E-state index in [0.29, 0.717) is 18.4 Å². The zero-order valence-corrected chi connectivity index (χ0v) is 15.1. The maximum atomic E-state index is 11.5. The lowest BCUT2D eigenvalue weighted by atomic mass is 9.50. The molecule has 134 valence electrons. The van der Waals surface area contributed by atoms with Crippen LogP contribution in [-0.2, 0) is 13.5 Å². The number of hydrogen-bond donors (Lipinski definition) is 2. The van der Waals surface area contributed by atoms with Gasteiger partial charge in [0.1, 0.15) is 11.6 Å². The molecule has 6 rings (SSSR count). The number of hydrogen-bond acceptors (Lipinski definition) is 5. The van der Waals surface area contributed by atoms with Gasteiger partial charge in [-0.2, -0.15) is 5.10 Å². The molecule has 0 aromatic carbocycles. The van der Waals surface area contributed by atoms with Crippen molar-refractivity contribution in [2.75, 3.05) is 11.9 Å². The molecule has 4 aliphatic rings. The SMILES string of the molecule is CCc1nc(NCC2(O)C3CC4CC(C3)CC2C4)c2cnn(C)c2n1. The van der Waals surface area contributed by atoms with Gasteiger partial charge < -0.3 is 10.4 Å². The third kappa shape index (κ3) is 2.30. The fraction of sp³-hybridized carbons (Fsp3) is 0.737. The van der Waals surface area contributed by atoms with E-state index in [2.05, 4.69) is 27.3 Å². The van der Waals surface area contributed by atoms with E-state index in [1.165, 1.54) is 32.1 Å². The predicted molar refractivity (Wildman–Crippen MR) is 96.2 cm³/mol. The Kier molecular flexibility index (Phi) is 3.36. The molecule has 0 radical (unpaired) electrons. The van der Waals surface area contributed by atoms with Crippen molar-refractivity contribution in [1.29, 1.82) is 0 Å². The monoisotopic (exact) mass is 341 g/mol. The molecule has 25 heavy (non-hydrogen) atoms. The number of rotatable bonds is 4. The van der Waals surface area contributed by atoms with E-state index in [1.54, 1.807) is 4.68 Å². The van der Waals surface area contributed by atoms with Crippen LogP contribution < -0.4 is 5.32 Å². The highest BCUT2D eigenvalue weighted by molar-refractivity contribution is 5.86. The van der Waals surface area contributed by atoms with E-state index in [9.17, 15) is 5.11 Å². The summed E-state index contributed by atoms with van der Waals surface area (Å²) >= 11 is 0. The van der Waals surface area contributed by atoms with Crippen LogP contribution >= 0.6 is 0 Å². The van der Waals surface area contributed by atoms with Gasteiger partial charge in [-0.3, -0.25) is 4.68 Å². The molecule has 0 unspecified atom stereocenters. The molecule has 0 spiro atoms. The van der Waals surface area contributed by atoms with E-state index in [4.69, 9.17) is 0 Å². The van der Waals surface area contributed by atoms with Gasteiger partial charge in [-0.15, -0.1) is 0 Å². The Morgan fingerprint density at radius 3 is 2.48 bits per heavy atom. The van der Waals surface area contributed by atoms with Crippen molar-refractivity contribution in [2.24, 2.45) is 30.7 Å². The van der Waals surface area contributed by atoms with Gasteiger partial charge in [0.2, 0.25) is 0 Å². The van der Waals surface area contributed by atoms with Gasteiger partial charge in [0.15, 0.2) is 5.65 Å². The minimum atomic E-state index is -0.584. The lowest BCUT2D eigenvalue weighted by molar-refractivity contribution is -0.164. The summed E-state index contributed by atoms with van der Waals surface area (Å²) in [5.74, 6) is 4.26. The highest BCUT2D eigenvalue weighted by Gasteiger charge is 2.56. The van der Waals surface area contributed by atoms with Crippen LogP contribution in [0, 0.1) is 23.7 Å². The largest absolute Gasteiger partial charge is 0.387 e. The Balaban J connectivity index is 1.44. The van der Waals surface area contributed by atoms with E-state index < -0.39 is 5.60 Å². The minimum Gasteiger partial charge on any atom is -0.387 e. The highest BCUT2D eigenvalue weighted by Crippen LogP contribution is 2.58. The van der Waals surface area contributed by atoms with Crippen LogP contribution in [0.2, 0.25) is 0 Å². The van der Waals surface area contributed by atoms with Crippen LogP contribution in [0.3, 0.4) is 0 Å². The first kappa shape index (κ1) is 15.6. The third-order valence-electron chi connectivity index (χ3n) is 7.05. The molecule has 2 heterocycles. The third-order valence-corrected chi connectivity index (χ3v) is 7.05. The highest BCUT2D eigenvalue weighted by atomic mass is 16.3. The summed E-state index contributed by atoms with van der Waals surface area (Å²) in [6, 6.07) is 0. The molecule has 6 nitrogen and oxygen atoms in total. The zero-order valence-electron chi connectivity index (χ0n) is 15.1. The smallest absolute Gasteiger partial charge is 0.163 e. The van der Waals surface area contributed by atoms with Crippen LogP contribution in [0.5, 0.6) is 0 Å². The molecule has 4 bridgehead atoms. The summed E-state index contributed by atoms with van der Waals surface area (Å²) in [5, 5.41) is 20.3. The van der Waals surface area contributed by atoms with Gasteiger partial charge in [-0.05, 0) is 55.8 Å². The first-order chi connectivity index (χ1) is 12.1. The van der Waals surface area contributed by atoms with Crippen LogP contribution in [-0.4, -0.2) is 37.0 Å². The van der Waals surface area contributed by atoms with Crippen molar-refractivity contribution in [2.45, 2.75) is 51.0 Å². The lowest BCUT2D eigenvalue weighted by Gasteiger charge is -2.59. The first-order valence-corrected chi connectivity index (χ1v) is 9.71. The van der Waals surface area contributed by atoms with Gasteiger partial charge in [-0.1, -0.05) is 6.92 Å². The van der Waals surface area contributed by atoms with Crippen molar-refractivity contribution >= 4 is 16.9 Å². The van der Waals surface area contributed by atoms with Crippen molar-refractivity contribution in [1.82, 2.24) is 19.7 Å². The summed E-state index contributed by atoms with van der Waals surface area (Å²) in [7, 11) is 1.91. The van der Waals surface area contributed by atoms with E-state index >= 15 is 0 Å². The van der Waals surface area contributed by atoms with Gasteiger partial charge in [0, 0.05) is 20.0 Å². The molecule has 0 atom stereocenters. The van der Waals surface area contributed by atoms with Gasteiger partial charge in [0.25, 0.3) is 0 Å². The maximum Gasteiger partial charge on any atom is 0.163 e. The standard InChI is InChI=1S/C19H27N5O/c1-3-16-22-17(15-9-21-24(2)18(15)23-16)20-10-19(25)13-5-11-4-12(7-13)8-14(19)6-11/h9,11-14,25H,3-8,10H2,1-2H3,(H,20,22,23). The van der Waals surface area contributed by atoms with E-state index in [1.807, 2.05) is 13.2 Å². The molecule has 4 aliphatic carbocycles. The molecule has 0 amide bonds. The molecule has 6 heteroatoms. The molecule has 0 aliphatic heterocycles. The van der Waals surface area contributed by atoms with Crippen molar-refractivity contribution in [3.05, 3.63) is 12.0 Å². The van der Waals surface area contributed by atoms with Crippen LogP contribution in [0.4, 0.5) is 5.82 Å². The zero-order chi connectivity index (χ0) is 17.2. The van der Waals surface area contributed by atoms with Crippen molar-refractivity contribution < 1.29 is 5.11 Å². The molecular formula is C19H27N5O.